The normalized spacial score (nSPS) is 10.3. The van der Waals surface area contributed by atoms with Gasteiger partial charge in [0.1, 0.15) is 0 Å². The van der Waals surface area contributed by atoms with Crippen molar-refractivity contribution < 1.29 is 0 Å². The molecule has 0 aliphatic heterocycles. The Morgan fingerprint density at radius 1 is 0.762 bits per heavy atom. The standard InChI is InChI=1S/C12H26S.C6H5.H2S.Sb/c1-2-3-4-5-6-7-8-9-10-11-12-13;1-2-4-6-5-3-1;;/h13H,2-12H2,1H3;1-5H;1H2;/q;;;+1/p-2. The van der Waals surface area contributed by atoms with Crippen LogP contribution < -0.4 is 3.51 Å². The molecule has 1 aromatic carbocycles. The third-order valence-corrected chi connectivity index (χ3v) is 9.65. The van der Waals surface area contributed by atoms with Crippen LogP contribution in [0.2, 0.25) is 0 Å². The van der Waals surface area contributed by atoms with Crippen molar-refractivity contribution in [2.75, 3.05) is 5.75 Å². The van der Waals surface area contributed by atoms with E-state index in [2.05, 4.69) is 46.1 Å². The Morgan fingerprint density at radius 2 is 1.29 bits per heavy atom. The zero-order chi connectivity index (χ0) is 14.3. The van der Waals surface area contributed by atoms with E-state index in [1.807, 2.05) is 0 Å². The van der Waals surface area contributed by atoms with Crippen molar-refractivity contribution in [1.29, 1.82) is 0 Å². The Kier molecular flexibility index (Phi) is 17.7. The van der Waals surface area contributed by atoms with Crippen LogP contribution in [0.4, 0.5) is 0 Å². The minimum Gasteiger partial charge on any atom is -0.813 e. The molecular formula is C18H31S2Sb-. The average Bonchev–Trinajstić information content (AvgIpc) is 2.49. The summed E-state index contributed by atoms with van der Waals surface area (Å²) in [6.07, 6.45) is 14.5. The van der Waals surface area contributed by atoms with E-state index in [0.29, 0.717) is 0 Å². The molecule has 0 saturated carbocycles. The predicted octanol–water partition coefficient (Wildman–Crippen LogP) is 5.32. The summed E-state index contributed by atoms with van der Waals surface area (Å²) in [5.41, 5.74) is 0. The molecule has 1 rings (SSSR count). The van der Waals surface area contributed by atoms with E-state index in [1.54, 1.807) is 3.51 Å². The van der Waals surface area contributed by atoms with Gasteiger partial charge in [-0.1, -0.05) is 6.92 Å². The molecule has 0 aliphatic carbocycles. The molecule has 0 atom stereocenters. The largest absolute Gasteiger partial charge is 0.813 e. The van der Waals surface area contributed by atoms with Gasteiger partial charge >= 0.3 is 133 Å². The maximum atomic E-state index is 2.29. The molecular weight excluding hydrogens is 402 g/mol. The van der Waals surface area contributed by atoms with E-state index >= 15 is 0 Å². The molecule has 1 radical (unpaired) electrons. The summed E-state index contributed by atoms with van der Waals surface area (Å²) in [7, 11) is 2.23. The van der Waals surface area contributed by atoms with E-state index in [1.165, 1.54) is 70.0 Å². The number of benzene rings is 1. The third-order valence-electron chi connectivity index (χ3n) is 3.52. The molecule has 121 valence electrons. The van der Waals surface area contributed by atoms with Crippen molar-refractivity contribution in [2.24, 2.45) is 0 Å². The van der Waals surface area contributed by atoms with Crippen molar-refractivity contribution in [3.63, 3.8) is 0 Å². The summed E-state index contributed by atoms with van der Waals surface area (Å²) in [6.45, 7) is 2.29. The van der Waals surface area contributed by atoms with Gasteiger partial charge in [-0.2, -0.15) is 0 Å². The molecule has 1 aromatic rings. The minimum absolute atomic E-state index is 0. The van der Waals surface area contributed by atoms with Crippen molar-refractivity contribution >= 4 is 46.1 Å². The molecule has 0 amide bonds. The number of hydrogen-bond acceptors (Lipinski definition) is 2. The van der Waals surface area contributed by atoms with Crippen LogP contribution in [0.5, 0.6) is 0 Å². The molecule has 21 heavy (non-hydrogen) atoms. The molecule has 0 spiro atoms. The minimum atomic E-state index is -0.149. The fourth-order valence-corrected chi connectivity index (χ4v) is 7.66. The van der Waals surface area contributed by atoms with E-state index < -0.39 is 0 Å². The molecule has 0 fully saturated rings. The molecule has 0 nitrogen and oxygen atoms in total. The van der Waals surface area contributed by atoms with Gasteiger partial charge in [0.05, 0.1) is 0 Å². The van der Waals surface area contributed by atoms with Gasteiger partial charge in [-0.25, -0.2) is 0 Å². The maximum absolute atomic E-state index is 2.29. The Hall–Kier alpha value is 0.738. The van der Waals surface area contributed by atoms with Gasteiger partial charge in [0.25, 0.3) is 0 Å². The summed E-state index contributed by atoms with van der Waals surface area (Å²) in [5, 5.41) is 0. The quantitative estimate of drug-likeness (QED) is 0.179. The smallest absolute Gasteiger partial charge is 0.813 e. The molecule has 0 heterocycles. The molecule has 0 aliphatic rings. The van der Waals surface area contributed by atoms with Crippen LogP contribution in [0.25, 0.3) is 0 Å². The van der Waals surface area contributed by atoms with Crippen LogP contribution in [-0.4, -0.2) is 26.0 Å². The first-order valence-corrected chi connectivity index (χ1v) is 13.7. The molecule has 0 unspecified atom stereocenters. The van der Waals surface area contributed by atoms with Crippen LogP contribution in [0.3, 0.4) is 0 Å². The number of unbranched alkanes of at least 4 members (excludes halogenated alkanes) is 9. The monoisotopic (exact) mass is 432 g/mol. The summed E-state index contributed by atoms with van der Waals surface area (Å²) in [5.74, 6) is 1.39. The topological polar surface area (TPSA) is 0 Å². The van der Waals surface area contributed by atoms with Gasteiger partial charge < -0.3 is 13.5 Å². The number of hydrogen-bond donors (Lipinski definition) is 0. The van der Waals surface area contributed by atoms with E-state index in [4.69, 9.17) is 0 Å². The second-order valence-corrected chi connectivity index (χ2v) is 11.5. The molecule has 0 aromatic heterocycles. The first-order valence-electron chi connectivity index (χ1n) is 8.31. The fraction of sp³-hybridized carbons (Fsp3) is 0.667. The van der Waals surface area contributed by atoms with Crippen molar-refractivity contribution in [2.45, 2.75) is 71.1 Å². The van der Waals surface area contributed by atoms with Crippen LogP contribution in [0.15, 0.2) is 30.3 Å². The molecule has 0 saturated heterocycles. The second-order valence-electron chi connectivity index (χ2n) is 5.44. The fourth-order valence-electron chi connectivity index (χ4n) is 2.26. The second kappa shape index (κ2) is 17.1. The van der Waals surface area contributed by atoms with E-state index in [-0.39, 0.29) is 33.7 Å². The first-order chi connectivity index (χ1) is 9.93. The summed E-state index contributed by atoms with van der Waals surface area (Å²) in [4.78, 5) is 0. The Balaban J connectivity index is 0.00000400. The zero-order valence-corrected chi connectivity index (χ0v) is 17.7. The SMILES string of the molecule is CCCCCCCCCCCC[S][Sb][c]1ccccc1.[SH-]. The van der Waals surface area contributed by atoms with Gasteiger partial charge in [-0.05, 0) is 0 Å². The van der Waals surface area contributed by atoms with Crippen LogP contribution >= 0.6 is 8.85 Å². The van der Waals surface area contributed by atoms with Crippen LogP contribution in [0, 0.1) is 0 Å². The van der Waals surface area contributed by atoms with Crippen LogP contribution in [0.1, 0.15) is 71.1 Å². The molecule has 0 bridgehead atoms. The van der Waals surface area contributed by atoms with Crippen LogP contribution in [-0.2, 0) is 13.5 Å². The van der Waals surface area contributed by atoms with Gasteiger partial charge in [0.15, 0.2) is 0 Å². The Bertz CT molecular complexity index is 303. The van der Waals surface area contributed by atoms with E-state index in [9.17, 15) is 0 Å². The van der Waals surface area contributed by atoms with Gasteiger partial charge in [-0.15, -0.1) is 0 Å². The van der Waals surface area contributed by atoms with E-state index in [0.717, 1.165) is 0 Å². The van der Waals surface area contributed by atoms with Gasteiger partial charge in [0, 0.05) is 0 Å². The Morgan fingerprint density at radius 3 is 1.86 bits per heavy atom. The summed E-state index contributed by atoms with van der Waals surface area (Å²) >= 11 is -0.149. The summed E-state index contributed by atoms with van der Waals surface area (Å²) < 4.78 is 1.61. The average molecular weight is 433 g/mol. The predicted molar refractivity (Wildman–Crippen MR) is 105 cm³/mol. The maximum Gasteiger partial charge on any atom is -0.813 e. The third kappa shape index (κ3) is 14.1. The zero-order valence-electron chi connectivity index (χ0n) is 13.5. The van der Waals surface area contributed by atoms with Crippen molar-refractivity contribution in [3.05, 3.63) is 30.3 Å². The Labute approximate surface area is 152 Å². The molecule has 0 N–H and O–H groups in total. The first kappa shape index (κ1) is 21.7. The van der Waals surface area contributed by atoms with Gasteiger partial charge in [0.2, 0.25) is 0 Å². The number of rotatable bonds is 13. The summed E-state index contributed by atoms with van der Waals surface area (Å²) in [6, 6.07) is 11.1. The van der Waals surface area contributed by atoms with Gasteiger partial charge in [-0.3, -0.25) is 0 Å². The molecule has 3 heteroatoms. The van der Waals surface area contributed by atoms with Crippen molar-refractivity contribution in [3.8, 4) is 0 Å². The number of thiol groups is 1. The van der Waals surface area contributed by atoms with Crippen molar-refractivity contribution in [1.82, 2.24) is 0 Å².